The van der Waals surface area contributed by atoms with Crippen molar-refractivity contribution in [1.29, 1.82) is 0 Å². The Morgan fingerprint density at radius 2 is 2.08 bits per heavy atom. The van der Waals surface area contributed by atoms with Crippen LogP contribution in [0.25, 0.3) is 0 Å². The van der Waals surface area contributed by atoms with Crippen LogP contribution in [0.15, 0.2) is 12.2 Å². The van der Waals surface area contributed by atoms with Crippen LogP contribution in [0.2, 0.25) is 0 Å². The topological polar surface area (TPSA) is 99.5 Å². The van der Waals surface area contributed by atoms with E-state index in [9.17, 15) is 15.0 Å². The van der Waals surface area contributed by atoms with Crippen LogP contribution >= 0.6 is 0 Å². The van der Waals surface area contributed by atoms with Crippen molar-refractivity contribution in [3.05, 3.63) is 12.2 Å². The molecule has 0 radical (unpaired) electrons. The highest BCUT2D eigenvalue weighted by molar-refractivity contribution is 5.87. The Labute approximate surface area is 142 Å². The standard InChI is InChI=1S/C17H29NO6/c1-12(6-2-3-7-15(21)18-8-4-5-9-18)23-17-16(22)14(20)10-13(11-19)24-17/h3,7,12-14,16-17,19-20,22H,2,4-6,8-11H2,1H3/b7-3+/t12-,13?,14?,16-,17?/m1/s1. The summed E-state index contributed by atoms with van der Waals surface area (Å²) in [4.78, 5) is 13.7. The summed E-state index contributed by atoms with van der Waals surface area (Å²) < 4.78 is 11.1. The molecule has 7 nitrogen and oxygen atoms in total. The lowest BCUT2D eigenvalue weighted by atomic mass is 10.0. The molecule has 2 aliphatic heterocycles. The molecule has 138 valence electrons. The zero-order chi connectivity index (χ0) is 17.5. The van der Waals surface area contributed by atoms with Crippen LogP contribution < -0.4 is 0 Å². The molecule has 0 aromatic heterocycles. The maximum absolute atomic E-state index is 11.9. The third-order valence-electron chi connectivity index (χ3n) is 4.49. The van der Waals surface area contributed by atoms with Gasteiger partial charge in [0.25, 0.3) is 0 Å². The van der Waals surface area contributed by atoms with Gasteiger partial charge in [0.15, 0.2) is 6.29 Å². The molecule has 7 heteroatoms. The van der Waals surface area contributed by atoms with Crippen LogP contribution in [-0.4, -0.2) is 76.5 Å². The number of carbonyl (C=O) groups excluding carboxylic acids is 1. The molecule has 1 amide bonds. The number of amides is 1. The maximum Gasteiger partial charge on any atom is 0.246 e. The van der Waals surface area contributed by atoms with E-state index in [1.165, 1.54) is 0 Å². The molecule has 0 bridgehead atoms. The van der Waals surface area contributed by atoms with Crippen molar-refractivity contribution < 1.29 is 29.6 Å². The summed E-state index contributed by atoms with van der Waals surface area (Å²) in [7, 11) is 0. The fraction of sp³-hybridized carbons (Fsp3) is 0.824. The molecule has 2 aliphatic rings. The van der Waals surface area contributed by atoms with Gasteiger partial charge >= 0.3 is 0 Å². The molecule has 5 atom stereocenters. The molecule has 0 aromatic carbocycles. The molecule has 0 saturated carbocycles. The largest absolute Gasteiger partial charge is 0.394 e. The minimum absolute atomic E-state index is 0.0565. The van der Waals surface area contributed by atoms with E-state index in [1.807, 2.05) is 17.9 Å². The van der Waals surface area contributed by atoms with Crippen LogP contribution in [0.5, 0.6) is 0 Å². The lowest BCUT2D eigenvalue weighted by Crippen LogP contribution is -2.51. The summed E-state index contributed by atoms with van der Waals surface area (Å²) in [5.41, 5.74) is 0. The van der Waals surface area contributed by atoms with Gasteiger partial charge in [-0.05, 0) is 38.7 Å². The Morgan fingerprint density at radius 3 is 2.75 bits per heavy atom. The first kappa shape index (κ1) is 19.3. The molecule has 24 heavy (non-hydrogen) atoms. The summed E-state index contributed by atoms with van der Waals surface area (Å²) in [6.07, 6.45) is 3.35. The number of ether oxygens (including phenoxy) is 2. The second-order valence-electron chi connectivity index (χ2n) is 6.56. The van der Waals surface area contributed by atoms with Gasteiger partial charge < -0.3 is 29.7 Å². The van der Waals surface area contributed by atoms with Gasteiger partial charge in [0.05, 0.1) is 24.9 Å². The van der Waals surface area contributed by atoms with Gasteiger partial charge in [-0.25, -0.2) is 0 Å². The molecule has 2 rings (SSSR count). The number of rotatable bonds is 7. The number of hydrogen-bond donors (Lipinski definition) is 3. The van der Waals surface area contributed by atoms with Gasteiger partial charge in [0.2, 0.25) is 5.91 Å². The van der Waals surface area contributed by atoms with Gasteiger partial charge in [-0.2, -0.15) is 0 Å². The van der Waals surface area contributed by atoms with Gasteiger partial charge in [0.1, 0.15) is 6.10 Å². The van der Waals surface area contributed by atoms with Gasteiger partial charge in [-0.3, -0.25) is 4.79 Å². The Morgan fingerprint density at radius 1 is 1.38 bits per heavy atom. The average Bonchev–Trinajstić information content (AvgIpc) is 3.10. The first-order valence-corrected chi connectivity index (χ1v) is 8.74. The average molecular weight is 343 g/mol. The normalized spacial score (nSPS) is 32.4. The molecule has 2 heterocycles. The van der Waals surface area contributed by atoms with Crippen LogP contribution in [0.4, 0.5) is 0 Å². The molecule has 3 unspecified atom stereocenters. The number of nitrogens with zero attached hydrogens (tertiary/aromatic N) is 1. The fourth-order valence-corrected chi connectivity index (χ4v) is 3.00. The Balaban J connectivity index is 1.70. The third kappa shape index (κ3) is 5.53. The molecule has 2 saturated heterocycles. The molecule has 3 N–H and O–H groups in total. The minimum atomic E-state index is -1.12. The summed E-state index contributed by atoms with van der Waals surface area (Å²) in [6, 6.07) is 0. The van der Waals surface area contributed by atoms with E-state index in [0.717, 1.165) is 25.9 Å². The number of hydrogen-bond acceptors (Lipinski definition) is 6. The SMILES string of the molecule is C[C@H](CC/C=C/C(=O)N1CCCC1)OC1OC(CO)CC(O)[C@H]1O. The van der Waals surface area contributed by atoms with Crippen LogP contribution in [0, 0.1) is 0 Å². The second-order valence-corrected chi connectivity index (χ2v) is 6.56. The highest BCUT2D eigenvalue weighted by atomic mass is 16.7. The lowest BCUT2D eigenvalue weighted by Gasteiger charge is -2.37. The fourth-order valence-electron chi connectivity index (χ4n) is 3.00. The van der Waals surface area contributed by atoms with E-state index in [0.29, 0.717) is 12.8 Å². The van der Waals surface area contributed by atoms with Crippen molar-refractivity contribution in [2.24, 2.45) is 0 Å². The van der Waals surface area contributed by atoms with E-state index < -0.39 is 24.6 Å². The highest BCUT2D eigenvalue weighted by Gasteiger charge is 2.37. The molecule has 2 fully saturated rings. The second kappa shape index (κ2) is 9.48. The van der Waals surface area contributed by atoms with E-state index in [4.69, 9.17) is 14.6 Å². The van der Waals surface area contributed by atoms with Crippen LogP contribution in [0.3, 0.4) is 0 Å². The number of aliphatic hydroxyl groups excluding tert-OH is 3. The van der Waals surface area contributed by atoms with E-state index in [1.54, 1.807) is 6.08 Å². The number of likely N-dealkylation sites (tertiary alicyclic amines) is 1. The van der Waals surface area contributed by atoms with Gasteiger partial charge in [-0.1, -0.05) is 6.08 Å². The van der Waals surface area contributed by atoms with Crippen molar-refractivity contribution in [3.63, 3.8) is 0 Å². The summed E-state index contributed by atoms with van der Waals surface area (Å²) in [6.45, 7) is 3.31. The summed E-state index contributed by atoms with van der Waals surface area (Å²) in [5.74, 6) is 0.0565. The third-order valence-corrected chi connectivity index (χ3v) is 4.49. The highest BCUT2D eigenvalue weighted by Crippen LogP contribution is 2.23. The monoisotopic (exact) mass is 343 g/mol. The zero-order valence-electron chi connectivity index (χ0n) is 14.2. The van der Waals surface area contributed by atoms with Gasteiger partial charge in [-0.15, -0.1) is 0 Å². The Bertz CT molecular complexity index is 423. The predicted molar refractivity (Wildman–Crippen MR) is 87.1 cm³/mol. The van der Waals surface area contributed by atoms with Crippen LogP contribution in [0.1, 0.15) is 39.0 Å². The molecular formula is C17H29NO6. The van der Waals surface area contributed by atoms with E-state index in [2.05, 4.69) is 0 Å². The van der Waals surface area contributed by atoms with Crippen molar-refractivity contribution >= 4 is 5.91 Å². The van der Waals surface area contributed by atoms with E-state index in [-0.39, 0.29) is 25.0 Å². The minimum Gasteiger partial charge on any atom is -0.394 e. The lowest BCUT2D eigenvalue weighted by molar-refractivity contribution is -0.282. The van der Waals surface area contributed by atoms with Crippen molar-refractivity contribution in [1.82, 2.24) is 4.90 Å². The molecular weight excluding hydrogens is 314 g/mol. The predicted octanol–water partition coefficient (Wildman–Crippen LogP) is 0.179. The zero-order valence-corrected chi connectivity index (χ0v) is 14.2. The maximum atomic E-state index is 11.9. The first-order valence-electron chi connectivity index (χ1n) is 8.74. The van der Waals surface area contributed by atoms with Crippen LogP contribution in [-0.2, 0) is 14.3 Å². The number of aliphatic hydroxyl groups is 3. The smallest absolute Gasteiger partial charge is 0.246 e. The molecule has 0 aliphatic carbocycles. The molecule has 0 spiro atoms. The number of allylic oxidation sites excluding steroid dienone is 1. The first-order chi connectivity index (χ1) is 11.5. The Hall–Kier alpha value is -0.990. The van der Waals surface area contributed by atoms with Crippen molar-refractivity contribution in [3.8, 4) is 0 Å². The Kier molecular flexibility index (Phi) is 7.64. The van der Waals surface area contributed by atoms with Crippen molar-refractivity contribution in [2.75, 3.05) is 19.7 Å². The summed E-state index contributed by atoms with van der Waals surface area (Å²) >= 11 is 0. The molecule has 0 aromatic rings. The summed E-state index contributed by atoms with van der Waals surface area (Å²) in [5, 5.41) is 28.8. The van der Waals surface area contributed by atoms with E-state index >= 15 is 0 Å². The van der Waals surface area contributed by atoms with Crippen molar-refractivity contribution in [2.45, 2.75) is 69.7 Å². The van der Waals surface area contributed by atoms with Gasteiger partial charge in [0, 0.05) is 19.5 Å². The quantitative estimate of drug-likeness (QED) is 0.570. The number of carbonyl (C=O) groups is 1.